The lowest BCUT2D eigenvalue weighted by Gasteiger charge is -2.10. The highest BCUT2D eigenvalue weighted by Gasteiger charge is 2.05. The first-order valence-corrected chi connectivity index (χ1v) is 4.51. The van der Waals surface area contributed by atoms with Gasteiger partial charge >= 0.3 is 0 Å². The molecule has 0 radical (unpaired) electrons. The van der Waals surface area contributed by atoms with E-state index in [0.29, 0.717) is 0 Å². The first-order valence-electron chi connectivity index (χ1n) is 4.51. The topological polar surface area (TPSA) is 39.1 Å². The van der Waals surface area contributed by atoms with Gasteiger partial charge in [0, 0.05) is 0 Å². The van der Waals surface area contributed by atoms with Crippen molar-refractivity contribution in [2.45, 2.75) is 33.0 Å². The van der Waals surface area contributed by atoms with Crippen LogP contribution in [0.4, 0.5) is 0 Å². The lowest BCUT2D eigenvalue weighted by molar-refractivity contribution is 0.241. The summed E-state index contributed by atoms with van der Waals surface area (Å²) in [6.07, 6.45) is 4.02. The molecule has 0 bridgehead atoms. The molecule has 74 valence electrons. The van der Waals surface area contributed by atoms with Crippen LogP contribution in [0.3, 0.4) is 0 Å². The number of rotatable bonds is 4. The Hall–Kier alpha value is -1.03. The summed E-state index contributed by atoms with van der Waals surface area (Å²) in [5.41, 5.74) is 0. The predicted molar refractivity (Wildman–Crippen MR) is 51.8 cm³/mol. The van der Waals surface area contributed by atoms with Crippen molar-refractivity contribution in [1.82, 2.24) is 15.1 Å². The number of hydrogen-bond donors (Lipinski definition) is 1. The Labute approximate surface area is 78.9 Å². The van der Waals surface area contributed by atoms with Crippen molar-refractivity contribution in [3.63, 3.8) is 0 Å². The third-order valence-corrected chi connectivity index (χ3v) is 1.76. The molecule has 0 amide bonds. The molecule has 1 heterocycles. The Morgan fingerprint density at radius 1 is 1.46 bits per heavy atom. The molecule has 0 saturated heterocycles. The normalized spacial score (nSPS) is 13.3. The van der Waals surface area contributed by atoms with Gasteiger partial charge in [-0.1, -0.05) is 0 Å². The fourth-order valence-corrected chi connectivity index (χ4v) is 0.998. The highest BCUT2D eigenvalue weighted by molar-refractivity contribution is 5.12. The third kappa shape index (κ3) is 2.73. The maximum absolute atomic E-state index is 5.48. The molecule has 0 saturated carbocycles. The Kier molecular flexibility index (Phi) is 3.31. The van der Waals surface area contributed by atoms with Crippen molar-refractivity contribution >= 4 is 0 Å². The number of hydrogen-bond acceptors (Lipinski definition) is 3. The van der Waals surface area contributed by atoms with E-state index in [4.69, 9.17) is 4.74 Å². The third-order valence-electron chi connectivity index (χ3n) is 1.76. The maximum atomic E-state index is 5.48. The summed E-state index contributed by atoms with van der Waals surface area (Å²) in [7, 11) is 1.90. The van der Waals surface area contributed by atoms with Gasteiger partial charge in [-0.15, -0.1) is 0 Å². The highest BCUT2D eigenvalue weighted by atomic mass is 16.5. The molecule has 1 aromatic rings. The average molecular weight is 183 g/mol. The van der Waals surface area contributed by atoms with Gasteiger partial charge in [0.2, 0.25) is 0 Å². The Bertz CT molecular complexity index is 257. The van der Waals surface area contributed by atoms with Crippen LogP contribution in [0.25, 0.3) is 0 Å². The minimum Gasteiger partial charge on any atom is -0.488 e. The van der Waals surface area contributed by atoms with Crippen molar-refractivity contribution in [3.8, 4) is 5.75 Å². The second-order valence-electron chi connectivity index (χ2n) is 3.29. The van der Waals surface area contributed by atoms with Crippen LogP contribution in [0.1, 0.15) is 26.9 Å². The summed E-state index contributed by atoms with van der Waals surface area (Å²) in [6, 6.07) is 0. The summed E-state index contributed by atoms with van der Waals surface area (Å²) in [6.45, 7) is 6.03. The molecule has 13 heavy (non-hydrogen) atoms. The second kappa shape index (κ2) is 4.28. The average Bonchev–Trinajstić information content (AvgIpc) is 2.50. The van der Waals surface area contributed by atoms with Gasteiger partial charge in [-0.25, -0.2) is 0 Å². The van der Waals surface area contributed by atoms with Crippen LogP contribution in [0.15, 0.2) is 12.4 Å². The molecule has 0 aliphatic rings. The monoisotopic (exact) mass is 183 g/mol. The quantitative estimate of drug-likeness (QED) is 0.767. The highest BCUT2D eigenvalue weighted by Crippen LogP contribution is 2.12. The molecule has 4 nitrogen and oxygen atoms in total. The summed E-state index contributed by atoms with van der Waals surface area (Å²) < 4.78 is 7.31. The van der Waals surface area contributed by atoms with Gasteiger partial charge in [0.05, 0.1) is 24.7 Å². The van der Waals surface area contributed by atoms with E-state index in [-0.39, 0.29) is 12.3 Å². The van der Waals surface area contributed by atoms with E-state index < -0.39 is 0 Å². The molecular weight excluding hydrogens is 166 g/mol. The van der Waals surface area contributed by atoms with Gasteiger partial charge in [0.15, 0.2) is 5.75 Å². The van der Waals surface area contributed by atoms with Crippen LogP contribution in [0.5, 0.6) is 5.75 Å². The van der Waals surface area contributed by atoms with Gasteiger partial charge in [0.1, 0.15) is 0 Å². The number of nitrogens with one attached hydrogen (secondary N) is 1. The summed E-state index contributed by atoms with van der Waals surface area (Å²) in [5, 5.41) is 7.26. The van der Waals surface area contributed by atoms with Crippen LogP contribution in [-0.4, -0.2) is 22.9 Å². The molecule has 1 unspecified atom stereocenters. The summed E-state index contributed by atoms with van der Waals surface area (Å²) in [4.78, 5) is 0. The van der Waals surface area contributed by atoms with Crippen LogP contribution >= 0.6 is 0 Å². The Balaban J connectivity index is 2.63. The van der Waals surface area contributed by atoms with Gasteiger partial charge in [-0.2, -0.15) is 5.10 Å². The van der Waals surface area contributed by atoms with Crippen molar-refractivity contribution in [2.75, 3.05) is 7.05 Å². The molecule has 1 aromatic heterocycles. The largest absolute Gasteiger partial charge is 0.488 e. The zero-order chi connectivity index (χ0) is 9.84. The van der Waals surface area contributed by atoms with E-state index in [9.17, 15) is 0 Å². The second-order valence-corrected chi connectivity index (χ2v) is 3.29. The lowest BCUT2D eigenvalue weighted by Crippen LogP contribution is -2.19. The van der Waals surface area contributed by atoms with Crippen LogP contribution in [0.2, 0.25) is 0 Å². The lowest BCUT2D eigenvalue weighted by atomic mass is 10.5. The van der Waals surface area contributed by atoms with E-state index in [0.717, 1.165) is 5.75 Å². The maximum Gasteiger partial charge on any atom is 0.157 e. The number of aromatic nitrogens is 2. The SMILES string of the molecule is CNC(C)n1cc(OC(C)C)cn1. The van der Waals surface area contributed by atoms with Crippen LogP contribution in [0, 0.1) is 0 Å². The zero-order valence-electron chi connectivity index (χ0n) is 8.61. The first kappa shape index (κ1) is 10.1. The molecule has 0 aliphatic heterocycles. The predicted octanol–water partition coefficient (Wildman–Crippen LogP) is 1.41. The van der Waals surface area contributed by atoms with Crippen molar-refractivity contribution in [2.24, 2.45) is 0 Å². The molecular formula is C9H17N3O. The molecule has 0 fully saturated rings. The molecule has 1 atom stereocenters. The fourth-order valence-electron chi connectivity index (χ4n) is 0.998. The van der Waals surface area contributed by atoms with Gasteiger partial charge in [0.25, 0.3) is 0 Å². The number of ether oxygens (including phenoxy) is 1. The molecule has 0 aliphatic carbocycles. The molecule has 4 heteroatoms. The van der Waals surface area contributed by atoms with Crippen LogP contribution in [-0.2, 0) is 0 Å². The first-order chi connectivity index (χ1) is 6.13. The zero-order valence-corrected chi connectivity index (χ0v) is 8.61. The van der Waals surface area contributed by atoms with Crippen molar-refractivity contribution in [1.29, 1.82) is 0 Å². The minimum absolute atomic E-state index is 0.197. The fraction of sp³-hybridized carbons (Fsp3) is 0.667. The molecule has 0 aromatic carbocycles. The van der Waals surface area contributed by atoms with E-state index in [1.54, 1.807) is 6.20 Å². The molecule has 0 spiro atoms. The van der Waals surface area contributed by atoms with E-state index in [1.165, 1.54) is 0 Å². The molecule has 1 N–H and O–H groups in total. The van der Waals surface area contributed by atoms with Crippen molar-refractivity contribution in [3.05, 3.63) is 12.4 Å². The van der Waals surface area contributed by atoms with Crippen molar-refractivity contribution < 1.29 is 4.74 Å². The molecule has 1 rings (SSSR count). The Morgan fingerprint density at radius 3 is 2.69 bits per heavy atom. The van der Waals surface area contributed by atoms with E-state index >= 15 is 0 Å². The smallest absolute Gasteiger partial charge is 0.157 e. The summed E-state index contributed by atoms with van der Waals surface area (Å²) in [5.74, 6) is 0.817. The van der Waals surface area contributed by atoms with E-state index in [2.05, 4.69) is 10.4 Å². The van der Waals surface area contributed by atoms with Gasteiger partial charge in [-0.05, 0) is 27.8 Å². The van der Waals surface area contributed by atoms with Gasteiger partial charge < -0.3 is 4.74 Å². The number of nitrogens with zero attached hydrogens (tertiary/aromatic N) is 2. The minimum atomic E-state index is 0.197. The Morgan fingerprint density at radius 2 is 2.15 bits per heavy atom. The van der Waals surface area contributed by atoms with Gasteiger partial charge in [-0.3, -0.25) is 10.00 Å². The van der Waals surface area contributed by atoms with Crippen LogP contribution < -0.4 is 10.1 Å². The summed E-state index contributed by atoms with van der Waals surface area (Å²) >= 11 is 0. The standard InChI is InChI=1S/C9H17N3O/c1-7(2)13-9-5-11-12(6-9)8(3)10-4/h5-8,10H,1-4H3. The van der Waals surface area contributed by atoms with E-state index in [1.807, 2.05) is 38.7 Å².